The normalized spacial score (nSPS) is 11.9. The molecule has 0 radical (unpaired) electrons. The minimum Gasteiger partial charge on any atom is -0.480 e. The van der Waals surface area contributed by atoms with Gasteiger partial charge in [-0.1, -0.05) is 60.7 Å². The van der Waals surface area contributed by atoms with Crippen molar-refractivity contribution in [1.82, 2.24) is 4.90 Å². The van der Waals surface area contributed by atoms with Crippen molar-refractivity contribution in [2.75, 3.05) is 31.6 Å². The van der Waals surface area contributed by atoms with Crippen LogP contribution in [0.5, 0.6) is 0 Å². The van der Waals surface area contributed by atoms with Crippen molar-refractivity contribution in [2.24, 2.45) is 0 Å². The molecule has 3 aromatic rings. The van der Waals surface area contributed by atoms with Gasteiger partial charge in [0.15, 0.2) is 0 Å². The molecule has 3 N–H and O–H groups in total. The van der Waals surface area contributed by atoms with Crippen LogP contribution < -0.4 is 5.32 Å². The van der Waals surface area contributed by atoms with Gasteiger partial charge in [0.05, 0.1) is 13.0 Å². The van der Waals surface area contributed by atoms with Crippen LogP contribution in [-0.4, -0.2) is 59.4 Å². The van der Waals surface area contributed by atoms with E-state index in [9.17, 15) is 14.4 Å². The number of benzene rings is 3. The Kier molecular flexibility index (Phi) is 7.42. The summed E-state index contributed by atoms with van der Waals surface area (Å²) >= 11 is 0. The maximum absolute atomic E-state index is 12.4. The molecule has 0 spiro atoms. The summed E-state index contributed by atoms with van der Waals surface area (Å²) in [4.78, 5) is 36.8. The summed E-state index contributed by atoms with van der Waals surface area (Å²) in [5.41, 5.74) is 5.74. The molecule has 0 unspecified atom stereocenters. The van der Waals surface area contributed by atoms with Crippen LogP contribution in [0.15, 0.2) is 72.8 Å². The smallest absolute Gasteiger partial charge is 0.411 e. The minimum atomic E-state index is -1.14. The second-order valence-corrected chi connectivity index (χ2v) is 8.26. The molecule has 0 aliphatic heterocycles. The Morgan fingerprint density at radius 3 is 2.06 bits per heavy atom. The molecule has 0 bridgehead atoms. The fraction of sp³-hybridized carbons (Fsp3) is 0.222. The number of rotatable bonds is 9. The summed E-state index contributed by atoms with van der Waals surface area (Å²) in [5, 5.41) is 20.7. The van der Waals surface area contributed by atoms with Crippen molar-refractivity contribution in [3.63, 3.8) is 0 Å². The Morgan fingerprint density at radius 1 is 0.886 bits per heavy atom. The molecule has 0 fully saturated rings. The number of aliphatic carboxylic acids is 1. The van der Waals surface area contributed by atoms with E-state index in [-0.39, 0.29) is 32.1 Å². The van der Waals surface area contributed by atoms with E-state index in [1.807, 2.05) is 24.3 Å². The lowest BCUT2D eigenvalue weighted by atomic mass is 9.98. The number of carboxylic acids is 1. The van der Waals surface area contributed by atoms with Crippen molar-refractivity contribution >= 4 is 23.7 Å². The SMILES string of the molecule is O=C(O)CN(CCO)C(=O)Cc1ccc(NC(=O)OCC2c3ccccc3-c3ccccc32)cc1. The van der Waals surface area contributed by atoms with Gasteiger partial charge in [0, 0.05) is 18.2 Å². The lowest BCUT2D eigenvalue weighted by Gasteiger charge is -2.19. The number of nitrogens with one attached hydrogen (secondary N) is 1. The van der Waals surface area contributed by atoms with Crippen LogP contribution in [0.1, 0.15) is 22.6 Å². The maximum atomic E-state index is 12.4. The number of carbonyl (C=O) groups is 3. The molecule has 1 aliphatic carbocycles. The first kappa shape index (κ1) is 24.0. The highest BCUT2D eigenvalue weighted by Gasteiger charge is 2.29. The quantitative estimate of drug-likeness (QED) is 0.437. The Balaban J connectivity index is 1.33. The third-order valence-electron chi connectivity index (χ3n) is 5.95. The summed E-state index contributed by atoms with van der Waals surface area (Å²) in [6.45, 7) is -0.633. The molecule has 0 saturated heterocycles. The lowest BCUT2D eigenvalue weighted by molar-refractivity contribution is -0.144. The fourth-order valence-corrected chi connectivity index (χ4v) is 4.32. The Labute approximate surface area is 202 Å². The summed E-state index contributed by atoms with van der Waals surface area (Å²) in [7, 11) is 0. The Morgan fingerprint density at radius 2 is 1.49 bits per heavy atom. The van der Waals surface area contributed by atoms with Gasteiger partial charge < -0.3 is 19.8 Å². The number of aliphatic hydroxyl groups excluding tert-OH is 1. The zero-order valence-electron chi connectivity index (χ0n) is 19.0. The van der Waals surface area contributed by atoms with E-state index in [1.54, 1.807) is 24.3 Å². The molecule has 8 heteroatoms. The number of aliphatic hydroxyl groups is 1. The first-order chi connectivity index (χ1) is 17.0. The topological polar surface area (TPSA) is 116 Å². The Hall–Kier alpha value is -4.17. The van der Waals surface area contributed by atoms with E-state index in [1.165, 1.54) is 0 Å². The van der Waals surface area contributed by atoms with Gasteiger partial charge in [-0.05, 0) is 39.9 Å². The number of carbonyl (C=O) groups excluding carboxylic acids is 2. The predicted octanol–water partition coefficient (Wildman–Crippen LogP) is 3.50. The van der Waals surface area contributed by atoms with Gasteiger partial charge in [-0.25, -0.2) is 4.79 Å². The molecule has 1 aliphatic rings. The number of ether oxygens (including phenoxy) is 1. The first-order valence-electron chi connectivity index (χ1n) is 11.3. The van der Waals surface area contributed by atoms with Crippen LogP contribution in [0.4, 0.5) is 10.5 Å². The highest BCUT2D eigenvalue weighted by molar-refractivity contribution is 5.86. The largest absolute Gasteiger partial charge is 0.480 e. The molecule has 35 heavy (non-hydrogen) atoms. The fourth-order valence-electron chi connectivity index (χ4n) is 4.32. The first-order valence-corrected chi connectivity index (χ1v) is 11.3. The van der Waals surface area contributed by atoms with E-state index in [0.29, 0.717) is 11.3 Å². The standard InChI is InChI=1S/C27H26N2O6/c30-14-13-29(16-26(32)33)25(31)15-18-9-11-19(12-10-18)28-27(34)35-17-24-22-7-3-1-5-20(22)21-6-2-4-8-23(21)24/h1-12,24,30H,13-17H2,(H,28,34)(H,32,33). The van der Waals surface area contributed by atoms with E-state index in [4.69, 9.17) is 14.9 Å². The third kappa shape index (κ3) is 5.67. The van der Waals surface area contributed by atoms with E-state index >= 15 is 0 Å². The maximum Gasteiger partial charge on any atom is 0.411 e. The molecule has 0 atom stereocenters. The summed E-state index contributed by atoms with van der Waals surface area (Å²) in [6.07, 6.45) is -0.593. The molecular weight excluding hydrogens is 448 g/mol. The second-order valence-electron chi connectivity index (χ2n) is 8.26. The zero-order valence-corrected chi connectivity index (χ0v) is 19.0. The predicted molar refractivity (Wildman–Crippen MR) is 130 cm³/mol. The highest BCUT2D eigenvalue weighted by atomic mass is 16.5. The number of hydrogen-bond acceptors (Lipinski definition) is 5. The van der Waals surface area contributed by atoms with Gasteiger partial charge in [0.2, 0.25) is 5.91 Å². The number of carboxylic acid groups (broad SMARTS) is 1. The van der Waals surface area contributed by atoms with E-state index in [0.717, 1.165) is 27.2 Å². The second kappa shape index (κ2) is 10.8. The van der Waals surface area contributed by atoms with Crippen LogP contribution in [0.25, 0.3) is 11.1 Å². The van der Waals surface area contributed by atoms with Crippen LogP contribution in [-0.2, 0) is 20.7 Å². The summed E-state index contributed by atoms with van der Waals surface area (Å²) in [5.74, 6) is -1.58. The monoisotopic (exact) mass is 474 g/mol. The molecule has 0 saturated carbocycles. The van der Waals surface area contributed by atoms with Crippen LogP contribution in [0.2, 0.25) is 0 Å². The van der Waals surface area contributed by atoms with Crippen molar-refractivity contribution in [3.05, 3.63) is 89.5 Å². The van der Waals surface area contributed by atoms with Gasteiger partial charge in [0.1, 0.15) is 13.2 Å². The van der Waals surface area contributed by atoms with E-state index in [2.05, 4.69) is 29.6 Å². The molecule has 3 aromatic carbocycles. The number of hydrogen-bond donors (Lipinski definition) is 3. The van der Waals surface area contributed by atoms with Gasteiger partial charge in [-0.15, -0.1) is 0 Å². The zero-order chi connectivity index (χ0) is 24.8. The third-order valence-corrected chi connectivity index (χ3v) is 5.95. The van der Waals surface area contributed by atoms with Crippen molar-refractivity contribution in [2.45, 2.75) is 12.3 Å². The van der Waals surface area contributed by atoms with Crippen molar-refractivity contribution in [1.29, 1.82) is 0 Å². The molecule has 2 amide bonds. The number of nitrogens with zero attached hydrogens (tertiary/aromatic N) is 1. The Bertz CT molecular complexity index is 1180. The van der Waals surface area contributed by atoms with Crippen molar-refractivity contribution < 1.29 is 29.3 Å². The van der Waals surface area contributed by atoms with Gasteiger partial charge in [-0.3, -0.25) is 14.9 Å². The summed E-state index contributed by atoms with van der Waals surface area (Å²) < 4.78 is 5.54. The summed E-state index contributed by atoms with van der Waals surface area (Å²) in [6, 6.07) is 22.9. The number of anilines is 1. The lowest BCUT2D eigenvalue weighted by Crippen LogP contribution is -2.38. The van der Waals surface area contributed by atoms with E-state index < -0.39 is 24.5 Å². The van der Waals surface area contributed by atoms with Gasteiger partial charge in [0.25, 0.3) is 0 Å². The molecule has 0 aromatic heterocycles. The average Bonchev–Trinajstić information content (AvgIpc) is 3.17. The number of fused-ring (bicyclic) bond motifs is 3. The molecule has 8 nitrogen and oxygen atoms in total. The minimum absolute atomic E-state index is 0.0154. The van der Waals surface area contributed by atoms with Crippen LogP contribution >= 0.6 is 0 Å². The van der Waals surface area contributed by atoms with Crippen LogP contribution in [0, 0.1) is 0 Å². The highest BCUT2D eigenvalue weighted by Crippen LogP contribution is 2.44. The van der Waals surface area contributed by atoms with Gasteiger partial charge in [-0.2, -0.15) is 0 Å². The molecule has 0 heterocycles. The number of amides is 2. The average molecular weight is 475 g/mol. The molecule has 180 valence electrons. The van der Waals surface area contributed by atoms with Gasteiger partial charge >= 0.3 is 12.1 Å². The molecular formula is C27H26N2O6. The molecule has 4 rings (SSSR count). The van der Waals surface area contributed by atoms with Crippen LogP contribution in [0.3, 0.4) is 0 Å². The van der Waals surface area contributed by atoms with Crippen molar-refractivity contribution in [3.8, 4) is 11.1 Å².